The number of nitrogens with zero attached hydrogens (tertiary/aromatic N) is 3. The summed E-state index contributed by atoms with van der Waals surface area (Å²) in [5.41, 5.74) is 0. The zero-order valence-electron chi connectivity index (χ0n) is 11.4. The maximum absolute atomic E-state index is 11.9. The summed E-state index contributed by atoms with van der Waals surface area (Å²) < 4.78 is 36.0. The minimum Gasteiger partial charge on any atom is -0.481 e. The molecule has 0 saturated carbocycles. The van der Waals surface area contributed by atoms with Crippen molar-refractivity contribution in [3.63, 3.8) is 0 Å². The van der Waals surface area contributed by atoms with Gasteiger partial charge < -0.3 is 14.8 Å². The van der Waals surface area contributed by atoms with Gasteiger partial charge >= 0.3 is 16.2 Å². The van der Waals surface area contributed by atoms with E-state index in [2.05, 4.69) is 15.3 Å². The average Bonchev–Trinajstić information content (AvgIpc) is 2.46. The van der Waals surface area contributed by atoms with Crippen LogP contribution in [0.2, 0.25) is 0 Å². The van der Waals surface area contributed by atoms with Crippen molar-refractivity contribution in [1.29, 1.82) is 0 Å². The number of urea groups is 1. The van der Waals surface area contributed by atoms with E-state index in [9.17, 15) is 13.2 Å². The van der Waals surface area contributed by atoms with E-state index in [1.165, 1.54) is 27.3 Å². The monoisotopic (exact) mass is 305 g/mol. The summed E-state index contributed by atoms with van der Waals surface area (Å²) in [6, 6.07) is 0.409. The average molecular weight is 305 g/mol. The molecule has 2 N–H and O–H groups in total. The van der Waals surface area contributed by atoms with Gasteiger partial charge in [-0.25, -0.2) is 9.52 Å². The molecule has 0 aliphatic rings. The van der Waals surface area contributed by atoms with Gasteiger partial charge in [-0.1, -0.05) is 0 Å². The van der Waals surface area contributed by atoms with Gasteiger partial charge in [0.25, 0.3) is 5.95 Å². The standard InChI is InChI=1S/C9H15N5O5S/c1-10-9(15)14(20(16,17)11-2)8-12-6(18-3)5-7(13-8)19-4/h5,11H,1-4H3,(H,10,15). The van der Waals surface area contributed by atoms with Crippen LogP contribution in [-0.4, -0.2) is 52.7 Å². The second-order valence-corrected chi connectivity index (χ2v) is 5.00. The molecule has 0 atom stereocenters. The molecular formula is C9H15N5O5S. The SMILES string of the molecule is CNC(=O)N(c1nc(OC)cc(OC)n1)S(=O)(=O)NC. The van der Waals surface area contributed by atoms with Crippen LogP contribution in [0.4, 0.5) is 10.7 Å². The molecule has 1 aromatic rings. The number of carbonyl (C=O) groups excluding carboxylic acids is 1. The highest BCUT2D eigenvalue weighted by Gasteiger charge is 2.31. The number of nitrogens with one attached hydrogen (secondary N) is 2. The van der Waals surface area contributed by atoms with Crippen LogP contribution in [0.3, 0.4) is 0 Å². The largest absolute Gasteiger partial charge is 0.481 e. The number of amides is 2. The minimum atomic E-state index is -4.14. The van der Waals surface area contributed by atoms with Crippen LogP contribution in [0.5, 0.6) is 11.8 Å². The molecule has 0 aromatic carbocycles. The molecule has 1 heterocycles. The Morgan fingerprint density at radius 1 is 1.20 bits per heavy atom. The molecule has 11 heteroatoms. The van der Waals surface area contributed by atoms with Gasteiger partial charge in [-0.3, -0.25) is 0 Å². The van der Waals surface area contributed by atoms with E-state index < -0.39 is 22.2 Å². The van der Waals surface area contributed by atoms with E-state index in [1.54, 1.807) is 0 Å². The van der Waals surface area contributed by atoms with E-state index in [4.69, 9.17) is 9.47 Å². The van der Waals surface area contributed by atoms with Crippen molar-refractivity contribution in [3.8, 4) is 11.8 Å². The Bertz CT molecular complexity index is 568. The van der Waals surface area contributed by atoms with Crippen LogP contribution in [0.25, 0.3) is 0 Å². The normalized spacial score (nSPS) is 10.8. The quantitative estimate of drug-likeness (QED) is 0.723. The number of methoxy groups -OCH3 is 2. The van der Waals surface area contributed by atoms with Crippen molar-refractivity contribution < 1.29 is 22.7 Å². The summed E-state index contributed by atoms with van der Waals surface area (Å²) in [6.07, 6.45) is 0. The van der Waals surface area contributed by atoms with Crippen molar-refractivity contribution in [3.05, 3.63) is 6.07 Å². The van der Waals surface area contributed by atoms with Crippen LogP contribution < -0.4 is 23.8 Å². The first-order valence-corrected chi connectivity index (χ1v) is 6.76. The molecule has 0 aliphatic heterocycles. The topological polar surface area (TPSA) is 123 Å². The smallest absolute Gasteiger partial charge is 0.339 e. The van der Waals surface area contributed by atoms with E-state index in [-0.39, 0.29) is 11.8 Å². The van der Waals surface area contributed by atoms with Crippen molar-refractivity contribution in [2.75, 3.05) is 32.6 Å². The molecule has 10 nitrogen and oxygen atoms in total. The first kappa shape index (κ1) is 15.9. The second kappa shape index (κ2) is 6.34. The van der Waals surface area contributed by atoms with E-state index in [0.717, 1.165) is 7.05 Å². The highest BCUT2D eigenvalue weighted by molar-refractivity contribution is 7.91. The Morgan fingerprint density at radius 2 is 1.70 bits per heavy atom. The van der Waals surface area contributed by atoms with E-state index >= 15 is 0 Å². The van der Waals surface area contributed by atoms with Gasteiger partial charge in [0, 0.05) is 14.1 Å². The lowest BCUT2D eigenvalue weighted by Crippen LogP contribution is -2.48. The van der Waals surface area contributed by atoms with Crippen LogP contribution in [0, 0.1) is 0 Å². The second-order valence-electron chi connectivity index (χ2n) is 3.28. The number of anilines is 1. The number of hydrogen-bond donors (Lipinski definition) is 2. The Balaban J connectivity index is 3.45. The third kappa shape index (κ3) is 3.24. The van der Waals surface area contributed by atoms with E-state index in [1.807, 2.05) is 4.72 Å². The Hall–Kier alpha value is -2.14. The van der Waals surface area contributed by atoms with E-state index in [0.29, 0.717) is 4.31 Å². The summed E-state index contributed by atoms with van der Waals surface area (Å²) >= 11 is 0. The third-order valence-corrected chi connectivity index (χ3v) is 3.49. The summed E-state index contributed by atoms with van der Waals surface area (Å²) in [5.74, 6) is -0.311. The lowest BCUT2D eigenvalue weighted by molar-refractivity contribution is 0.251. The van der Waals surface area contributed by atoms with Gasteiger partial charge in [-0.2, -0.15) is 18.4 Å². The number of hydrogen-bond acceptors (Lipinski definition) is 7. The Kier molecular flexibility index (Phi) is 5.05. The predicted molar refractivity (Wildman–Crippen MR) is 70.1 cm³/mol. The molecule has 0 unspecified atom stereocenters. The molecule has 0 saturated heterocycles. The number of aromatic nitrogens is 2. The van der Waals surface area contributed by atoms with Crippen LogP contribution in [-0.2, 0) is 10.2 Å². The minimum absolute atomic E-state index is 0.0482. The highest BCUT2D eigenvalue weighted by atomic mass is 32.2. The fraction of sp³-hybridized carbons (Fsp3) is 0.444. The molecule has 0 spiro atoms. The highest BCUT2D eigenvalue weighted by Crippen LogP contribution is 2.21. The zero-order chi connectivity index (χ0) is 15.3. The van der Waals surface area contributed by atoms with Gasteiger partial charge in [0.05, 0.1) is 20.3 Å². The van der Waals surface area contributed by atoms with Gasteiger partial charge in [-0.15, -0.1) is 4.31 Å². The number of carbonyl (C=O) groups is 1. The van der Waals surface area contributed by atoms with Crippen LogP contribution in [0.15, 0.2) is 6.07 Å². The van der Waals surface area contributed by atoms with Gasteiger partial charge in [-0.05, 0) is 0 Å². The van der Waals surface area contributed by atoms with Gasteiger partial charge in [0.2, 0.25) is 11.8 Å². The summed E-state index contributed by atoms with van der Waals surface area (Å²) in [7, 11) is 0.963. The Morgan fingerprint density at radius 3 is 2.05 bits per heavy atom. The molecule has 0 fully saturated rings. The first-order valence-electron chi connectivity index (χ1n) is 5.32. The van der Waals surface area contributed by atoms with Crippen LogP contribution >= 0.6 is 0 Å². The third-order valence-electron chi connectivity index (χ3n) is 2.16. The molecule has 0 bridgehead atoms. The Labute approximate surface area is 116 Å². The predicted octanol–water partition coefficient (Wildman–Crippen LogP) is -0.896. The first-order chi connectivity index (χ1) is 9.39. The maximum atomic E-state index is 11.9. The fourth-order valence-corrected chi connectivity index (χ4v) is 1.98. The summed E-state index contributed by atoms with van der Waals surface area (Å²) in [4.78, 5) is 19.4. The fourth-order valence-electron chi connectivity index (χ4n) is 1.19. The van der Waals surface area contributed by atoms with Gasteiger partial charge in [0.15, 0.2) is 0 Å². The molecule has 1 aromatic heterocycles. The van der Waals surface area contributed by atoms with Crippen molar-refractivity contribution >= 4 is 22.2 Å². The summed E-state index contributed by atoms with van der Waals surface area (Å²) in [6.45, 7) is 0. The lowest BCUT2D eigenvalue weighted by Gasteiger charge is -2.19. The van der Waals surface area contributed by atoms with Gasteiger partial charge in [0.1, 0.15) is 0 Å². The van der Waals surface area contributed by atoms with Crippen LogP contribution in [0.1, 0.15) is 0 Å². The molecule has 0 aliphatic carbocycles. The maximum Gasteiger partial charge on any atom is 0.339 e. The van der Waals surface area contributed by atoms with Crippen molar-refractivity contribution in [2.24, 2.45) is 0 Å². The number of rotatable bonds is 5. The van der Waals surface area contributed by atoms with Crippen molar-refractivity contribution in [2.45, 2.75) is 0 Å². The molecule has 0 radical (unpaired) electrons. The zero-order valence-corrected chi connectivity index (χ0v) is 12.2. The molecule has 20 heavy (non-hydrogen) atoms. The molecule has 2 amide bonds. The van der Waals surface area contributed by atoms with Crippen molar-refractivity contribution in [1.82, 2.24) is 20.0 Å². The molecule has 112 valence electrons. The molecular weight excluding hydrogens is 290 g/mol. The molecule has 1 rings (SSSR count). The number of ether oxygens (including phenoxy) is 2. The lowest BCUT2D eigenvalue weighted by atomic mass is 10.6. The summed E-state index contributed by atoms with van der Waals surface area (Å²) in [5, 5.41) is 2.19.